The van der Waals surface area contributed by atoms with Crippen LogP contribution in [0.3, 0.4) is 0 Å². The molecule has 1 aromatic carbocycles. The van der Waals surface area contributed by atoms with Crippen molar-refractivity contribution in [1.82, 2.24) is 16.0 Å². The Kier molecular flexibility index (Phi) is 11.5. The number of ether oxygens (including phenoxy) is 2. The Morgan fingerprint density at radius 1 is 0.912 bits per heavy atom. The van der Waals surface area contributed by atoms with E-state index in [9.17, 15) is 34.2 Å². The van der Waals surface area contributed by atoms with Crippen molar-refractivity contribution in [3.63, 3.8) is 0 Å². The summed E-state index contributed by atoms with van der Waals surface area (Å²) in [6, 6.07) is 4.08. The Hall–Kier alpha value is -3.71. The highest BCUT2D eigenvalue weighted by Gasteiger charge is 2.34. The number of carbonyl (C=O) groups is 5. The predicted molar refractivity (Wildman–Crippen MR) is 117 cm³/mol. The molecule has 188 valence electrons. The van der Waals surface area contributed by atoms with Gasteiger partial charge >= 0.3 is 12.1 Å². The third-order valence-corrected chi connectivity index (χ3v) is 4.52. The number of aliphatic hydroxyl groups is 2. The van der Waals surface area contributed by atoms with E-state index in [1.54, 1.807) is 30.3 Å². The van der Waals surface area contributed by atoms with E-state index in [0.717, 1.165) is 7.11 Å². The lowest BCUT2D eigenvalue weighted by atomic mass is 10.1. The van der Waals surface area contributed by atoms with Crippen molar-refractivity contribution in [3.05, 3.63) is 35.9 Å². The van der Waals surface area contributed by atoms with Gasteiger partial charge in [-0.2, -0.15) is 0 Å². The highest BCUT2D eigenvalue weighted by atomic mass is 16.5. The summed E-state index contributed by atoms with van der Waals surface area (Å²) in [7, 11) is 1.04. The summed E-state index contributed by atoms with van der Waals surface area (Å²) in [5.41, 5.74) is 5.83. The summed E-state index contributed by atoms with van der Waals surface area (Å²) in [6.45, 7) is 2.34. The van der Waals surface area contributed by atoms with Crippen molar-refractivity contribution < 1.29 is 43.7 Å². The number of alkyl carbamates (subject to hydrolysis) is 1. The first-order valence-electron chi connectivity index (χ1n) is 10.3. The second kappa shape index (κ2) is 13.7. The van der Waals surface area contributed by atoms with Gasteiger partial charge in [0.2, 0.25) is 17.7 Å². The summed E-state index contributed by atoms with van der Waals surface area (Å²) in [6.07, 6.45) is -4.45. The van der Waals surface area contributed by atoms with Crippen molar-refractivity contribution in [2.24, 2.45) is 5.73 Å². The molecule has 0 saturated heterocycles. The number of primary amides is 1. The molecule has 0 heterocycles. The molecule has 0 bridgehead atoms. The zero-order valence-electron chi connectivity index (χ0n) is 19.0. The quantitative estimate of drug-likeness (QED) is 0.183. The second-order valence-corrected chi connectivity index (χ2v) is 7.41. The van der Waals surface area contributed by atoms with E-state index in [-0.39, 0.29) is 6.61 Å². The number of amides is 4. The van der Waals surface area contributed by atoms with Crippen molar-refractivity contribution >= 4 is 29.8 Å². The Labute approximate surface area is 196 Å². The van der Waals surface area contributed by atoms with Crippen LogP contribution in [-0.2, 0) is 35.3 Å². The van der Waals surface area contributed by atoms with Gasteiger partial charge in [0.25, 0.3) is 0 Å². The number of carbonyl (C=O) groups excluding carboxylic acids is 5. The lowest BCUT2D eigenvalue weighted by molar-refractivity contribution is -0.148. The van der Waals surface area contributed by atoms with Gasteiger partial charge in [0.1, 0.15) is 18.7 Å². The molecular weight excluding hydrogens is 452 g/mol. The number of aliphatic hydroxyl groups excluding tert-OH is 2. The average molecular weight is 482 g/mol. The van der Waals surface area contributed by atoms with Crippen LogP contribution in [0.25, 0.3) is 0 Å². The fourth-order valence-electron chi connectivity index (χ4n) is 2.73. The molecule has 5 atom stereocenters. The number of nitrogens with two attached hydrogens (primary N) is 1. The van der Waals surface area contributed by atoms with Gasteiger partial charge in [0.15, 0.2) is 6.04 Å². The number of benzene rings is 1. The normalized spacial score (nSPS) is 15.0. The first-order valence-corrected chi connectivity index (χ1v) is 10.3. The molecule has 1 aromatic rings. The van der Waals surface area contributed by atoms with Gasteiger partial charge in [-0.25, -0.2) is 9.59 Å². The molecule has 0 aliphatic carbocycles. The van der Waals surface area contributed by atoms with Crippen LogP contribution in [0.15, 0.2) is 30.3 Å². The van der Waals surface area contributed by atoms with Crippen LogP contribution < -0.4 is 21.7 Å². The molecule has 0 aliphatic rings. The fourth-order valence-corrected chi connectivity index (χ4v) is 2.73. The van der Waals surface area contributed by atoms with Gasteiger partial charge in [-0.1, -0.05) is 30.3 Å². The molecule has 0 spiro atoms. The standard InChI is InChI=1S/C21H30N4O9/c1-11(26)16(25-21(32)34-10-13-7-5-4-6-8-13)19(30)23-14(9-15(22)28)18(29)24-17(12(2)27)20(31)33-3/h4-8,11-12,14,16-17,26-27H,9-10H2,1-3H3,(H2,22,28)(H,23,30)(H,24,29)(H,25,32)/t11-,12+,14+,16-,17-/m1/s1. The minimum atomic E-state index is -1.58. The van der Waals surface area contributed by atoms with Gasteiger partial charge in [-0.05, 0) is 19.4 Å². The zero-order valence-corrected chi connectivity index (χ0v) is 19.0. The van der Waals surface area contributed by atoms with E-state index < -0.39 is 66.5 Å². The third-order valence-electron chi connectivity index (χ3n) is 4.52. The van der Waals surface area contributed by atoms with Crippen molar-refractivity contribution in [3.8, 4) is 0 Å². The van der Waals surface area contributed by atoms with E-state index in [1.165, 1.54) is 13.8 Å². The number of nitrogens with one attached hydrogen (secondary N) is 3. The first kappa shape index (κ1) is 28.3. The Bertz CT molecular complexity index is 861. The van der Waals surface area contributed by atoms with Crippen molar-refractivity contribution in [1.29, 1.82) is 0 Å². The average Bonchev–Trinajstić information content (AvgIpc) is 2.78. The molecule has 4 amide bonds. The molecule has 0 radical (unpaired) electrons. The third kappa shape index (κ3) is 9.42. The maximum atomic E-state index is 12.7. The smallest absolute Gasteiger partial charge is 0.408 e. The van der Waals surface area contributed by atoms with Crippen LogP contribution in [0.1, 0.15) is 25.8 Å². The number of rotatable bonds is 12. The minimum Gasteiger partial charge on any atom is -0.467 e. The summed E-state index contributed by atoms with van der Waals surface area (Å²) >= 11 is 0. The maximum Gasteiger partial charge on any atom is 0.408 e. The van der Waals surface area contributed by atoms with Gasteiger partial charge in [0.05, 0.1) is 25.7 Å². The summed E-state index contributed by atoms with van der Waals surface area (Å²) in [5.74, 6) is -3.98. The molecule has 13 heteroatoms. The van der Waals surface area contributed by atoms with Crippen LogP contribution in [0.4, 0.5) is 4.79 Å². The summed E-state index contributed by atoms with van der Waals surface area (Å²) in [5, 5.41) is 26.2. The van der Waals surface area contributed by atoms with Crippen LogP contribution >= 0.6 is 0 Å². The Morgan fingerprint density at radius 3 is 2.00 bits per heavy atom. The topological polar surface area (TPSA) is 206 Å². The highest BCUT2D eigenvalue weighted by Crippen LogP contribution is 2.04. The van der Waals surface area contributed by atoms with Gasteiger partial charge < -0.3 is 41.4 Å². The molecule has 7 N–H and O–H groups in total. The minimum absolute atomic E-state index is 0.0954. The van der Waals surface area contributed by atoms with Crippen LogP contribution in [0.5, 0.6) is 0 Å². The molecule has 13 nitrogen and oxygen atoms in total. The van der Waals surface area contributed by atoms with Gasteiger partial charge in [-0.3, -0.25) is 14.4 Å². The predicted octanol–water partition coefficient (Wildman–Crippen LogP) is -1.94. The molecule has 0 saturated carbocycles. The number of hydrogen-bond acceptors (Lipinski definition) is 9. The largest absolute Gasteiger partial charge is 0.467 e. The van der Waals surface area contributed by atoms with Gasteiger partial charge in [-0.15, -0.1) is 0 Å². The van der Waals surface area contributed by atoms with E-state index in [2.05, 4.69) is 20.7 Å². The molecule has 0 aromatic heterocycles. The second-order valence-electron chi connectivity index (χ2n) is 7.41. The van der Waals surface area contributed by atoms with Gasteiger partial charge in [0, 0.05) is 0 Å². The first-order chi connectivity index (χ1) is 16.0. The van der Waals surface area contributed by atoms with E-state index >= 15 is 0 Å². The van der Waals surface area contributed by atoms with E-state index in [0.29, 0.717) is 5.56 Å². The summed E-state index contributed by atoms with van der Waals surface area (Å²) < 4.78 is 9.52. The molecule has 34 heavy (non-hydrogen) atoms. The molecular formula is C21H30N4O9. The number of methoxy groups -OCH3 is 1. The lowest BCUT2D eigenvalue weighted by Crippen LogP contribution is -2.59. The molecule has 0 unspecified atom stereocenters. The number of esters is 1. The van der Waals surface area contributed by atoms with Crippen molar-refractivity contribution in [2.75, 3.05) is 7.11 Å². The Morgan fingerprint density at radius 2 is 1.50 bits per heavy atom. The fraction of sp³-hybridized carbons (Fsp3) is 0.476. The maximum absolute atomic E-state index is 12.7. The van der Waals surface area contributed by atoms with Crippen LogP contribution in [0, 0.1) is 0 Å². The monoisotopic (exact) mass is 482 g/mol. The number of hydrogen-bond donors (Lipinski definition) is 6. The molecule has 0 fully saturated rings. The van der Waals surface area contributed by atoms with E-state index in [4.69, 9.17) is 10.5 Å². The highest BCUT2D eigenvalue weighted by molar-refractivity contribution is 5.95. The molecule has 1 rings (SSSR count). The van der Waals surface area contributed by atoms with Crippen LogP contribution in [-0.4, -0.2) is 77.4 Å². The van der Waals surface area contributed by atoms with E-state index in [1.807, 2.05) is 0 Å². The van der Waals surface area contributed by atoms with Crippen LogP contribution in [0.2, 0.25) is 0 Å². The SMILES string of the molecule is COC(=O)[C@H](NC(=O)[C@H](CC(N)=O)NC(=O)[C@H](NC(=O)OCc1ccccc1)[C@@H](C)O)[C@H](C)O. The molecule has 0 aliphatic heterocycles. The summed E-state index contributed by atoms with van der Waals surface area (Å²) in [4.78, 5) is 60.6. The van der Waals surface area contributed by atoms with Crippen molar-refractivity contribution in [2.45, 2.75) is 57.2 Å². The Balaban J connectivity index is 2.87. The zero-order chi connectivity index (χ0) is 25.8. The lowest BCUT2D eigenvalue weighted by Gasteiger charge is -2.26.